The predicted octanol–water partition coefficient (Wildman–Crippen LogP) is 2.98. The lowest BCUT2D eigenvalue weighted by Crippen LogP contribution is -2.13. The van der Waals surface area contributed by atoms with Crippen LogP contribution in [-0.4, -0.2) is 20.9 Å². The van der Waals surface area contributed by atoms with Gasteiger partial charge in [-0.1, -0.05) is 28.1 Å². The Kier molecular flexibility index (Phi) is 4.37. The number of carbonyl (C=O) groups is 1. The molecule has 1 aromatic heterocycles. The van der Waals surface area contributed by atoms with Crippen LogP contribution in [0, 0.1) is 0 Å². The van der Waals surface area contributed by atoms with Gasteiger partial charge in [0, 0.05) is 23.4 Å². The fourth-order valence-electron chi connectivity index (χ4n) is 2.09. The fourth-order valence-corrected chi connectivity index (χ4v) is 2.51. The summed E-state index contributed by atoms with van der Waals surface area (Å²) in [5.41, 5.74) is 1.87. The van der Waals surface area contributed by atoms with Gasteiger partial charge < -0.3 is 5.11 Å². The number of carboxylic acids is 1. The molecule has 0 spiro atoms. The first-order valence-corrected chi connectivity index (χ1v) is 6.82. The highest BCUT2D eigenvalue weighted by atomic mass is 79.9. The smallest absolute Gasteiger partial charge is 0.310 e. The summed E-state index contributed by atoms with van der Waals surface area (Å²) in [6.07, 6.45) is 2.98. The molecule has 4 nitrogen and oxygen atoms in total. The summed E-state index contributed by atoms with van der Waals surface area (Å²) in [7, 11) is 1.87. The van der Waals surface area contributed by atoms with E-state index in [1.54, 1.807) is 10.9 Å². The zero-order chi connectivity index (χ0) is 13.8. The lowest BCUT2D eigenvalue weighted by Gasteiger charge is -2.13. The number of benzene rings is 1. The molecular formula is C14H15BrN2O2. The third-order valence-electron chi connectivity index (χ3n) is 3.16. The van der Waals surface area contributed by atoms with Crippen LogP contribution in [0.2, 0.25) is 0 Å². The molecule has 2 rings (SSSR count). The summed E-state index contributed by atoms with van der Waals surface area (Å²) in [5.74, 6) is -1.28. The zero-order valence-electron chi connectivity index (χ0n) is 10.6. The van der Waals surface area contributed by atoms with E-state index in [4.69, 9.17) is 0 Å². The molecule has 1 atom stereocenters. The van der Waals surface area contributed by atoms with Crippen LogP contribution in [0.5, 0.6) is 0 Å². The normalized spacial score (nSPS) is 12.3. The van der Waals surface area contributed by atoms with E-state index in [-0.39, 0.29) is 0 Å². The van der Waals surface area contributed by atoms with Crippen molar-refractivity contribution in [2.45, 2.75) is 18.8 Å². The number of nitrogens with zero attached hydrogens (tertiary/aromatic N) is 2. The molecule has 1 unspecified atom stereocenters. The van der Waals surface area contributed by atoms with E-state index < -0.39 is 11.9 Å². The summed E-state index contributed by atoms with van der Waals surface area (Å²) < 4.78 is 2.68. The highest BCUT2D eigenvalue weighted by molar-refractivity contribution is 9.10. The summed E-state index contributed by atoms with van der Waals surface area (Å²) in [4.78, 5) is 11.4. The van der Waals surface area contributed by atoms with E-state index >= 15 is 0 Å². The van der Waals surface area contributed by atoms with Crippen LogP contribution in [0.3, 0.4) is 0 Å². The van der Waals surface area contributed by atoms with Crippen LogP contribution in [0.25, 0.3) is 0 Å². The molecule has 100 valence electrons. The van der Waals surface area contributed by atoms with Crippen molar-refractivity contribution in [3.05, 3.63) is 52.3 Å². The van der Waals surface area contributed by atoms with Gasteiger partial charge in [-0.3, -0.25) is 9.48 Å². The van der Waals surface area contributed by atoms with E-state index in [0.717, 1.165) is 15.7 Å². The molecule has 1 heterocycles. The Morgan fingerprint density at radius 2 is 2.26 bits per heavy atom. The minimum absolute atomic E-state index is 0.493. The number of carboxylic acid groups (broad SMARTS) is 1. The molecule has 0 aliphatic carbocycles. The molecule has 1 N–H and O–H groups in total. The van der Waals surface area contributed by atoms with Crippen LogP contribution in [-0.2, 0) is 18.3 Å². The highest BCUT2D eigenvalue weighted by Gasteiger charge is 2.20. The zero-order valence-corrected chi connectivity index (χ0v) is 12.2. The third-order valence-corrected chi connectivity index (χ3v) is 3.65. The first-order chi connectivity index (χ1) is 9.08. The molecule has 0 bridgehead atoms. The van der Waals surface area contributed by atoms with Crippen molar-refractivity contribution < 1.29 is 9.90 Å². The molecule has 0 radical (unpaired) electrons. The number of aryl methyl sites for hydroxylation is 2. The number of hydrogen-bond acceptors (Lipinski definition) is 2. The van der Waals surface area contributed by atoms with Crippen LogP contribution in [0.15, 0.2) is 41.0 Å². The first kappa shape index (κ1) is 13.8. The van der Waals surface area contributed by atoms with Gasteiger partial charge in [0.25, 0.3) is 0 Å². The summed E-state index contributed by atoms with van der Waals surface area (Å²) in [6, 6.07) is 9.39. The second-order valence-corrected chi connectivity index (χ2v) is 5.35. The Balaban J connectivity index is 2.13. The van der Waals surface area contributed by atoms with Gasteiger partial charge in [0.1, 0.15) is 0 Å². The second kappa shape index (κ2) is 6.02. The Bertz CT molecular complexity index is 580. The molecule has 0 aliphatic heterocycles. The molecular weight excluding hydrogens is 308 g/mol. The van der Waals surface area contributed by atoms with Crippen molar-refractivity contribution in [3.63, 3.8) is 0 Å². The van der Waals surface area contributed by atoms with Crippen molar-refractivity contribution in [1.29, 1.82) is 0 Å². The van der Waals surface area contributed by atoms with Crippen molar-refractivity contribution >= 4 is 21.9 Å². The largest absolute Gasteiger partial charge is 0.481 e. The molecule has 0 saturated heterocycles. The maximum absolute atomic E-state index is 11.4. The maximum atomic E-state index is 11.4. The van der Waals surface area contributed by atoms with E-state index in [1.807, 2.05) is 37.4 Å². The number of rotatable bonds is 5. The van der Waals surface area contributed by atoms with Gasteiger partial charge in [-0.15, -0.1) is 0 Å². The molecule has 5 heteroatoms. The molecule has 19 heavy (non-hydrogen) atoms. The van der Waals surface area contributed by atoms with Gasteiger partial charge in [0.2, 0.25) is 0 Å². The van der Waals surface area contributed by atoms with E-state index in [9.17, 15) is 9.90 Å². The SMILES string of the molecule is Cn1nccc1CCC(C(=O)O)c1cccc(Br)c1. The van der Waals surface area contributed by atoms with E-state index in [1.165, 1.54) is 0 Å². The average Bonchev–Trinajstić information content (AvgIpc) is 2.75. The van der Waals surface area contributed by atoms with Crippen LogP contribution >= 0.6 is 15.9 Å². The lowest BCUT2D eigenvalue weighted by atomic mass is 9.94. The quantitative estimate of drug-likeness (QED) is 0.920. The Morgan fingerprint density at radius 1 is 1.47 bits per heavy atom. The molecule has 0 saturated carbocycles. The van der Waals surface area contributed by atoms with Crippen LogP contribution in [0.4, 0.5) is 0 Å². The number of aliphatic carboxylic acids is 1. The van der Waals surface area contributed by atoms with Gasteiger partial charge >= 0.3 is 5.97 Å². The number of aromatic nitrogens is 2. The van der Waals surface area contributed by atoms with Gasteiger partial charge in [-0.2, -0.15) is 5.10 Å². The Hall–Kier alpha value is -1.62. The maximum Gasteiger partial charge on any atom is 0.310 e. The van der Waals surface area contributed by atoms with Crippen LogP contribution < -0.4 is 0 Å². The summed E-state index contributed by atoms with van der Waals surface area (Å²) in [5, 5.41) is 13.5. The summed E-state index contributed by atoms with van der Waals surface area (Å²) in [6.45, 7) is 0. The monoisotopic (exact) mass is 322 g/mol. The van der Waals surface area contributed by atoms with E-state index in [2.05, 4.69) is 21.0 Å². The van der Waals surface area contributed by atoms with Crippen molar-refractivity contribution in [3.8, 4) is 0 Å². The topological polar surface area (TPSA) is 55.1 Å². The minimum atomic E-state index is -0.791. The highest BCUT2D eigenvalue weighted by Crippen LogP contribution is 2.24. The molecule has 1 aromatic carbocycles. The third kappa shape index (κ3) is 3.44. The summed E-state index contributed by atoms with van der Waals surface area (Å²) >= 11 is 3.37. The number of halogens is 1. The van der Waals surface area contributed by atoms with E-state index in [0.29, 0.717) is 12.8 Å². The van der Waals surface area contributed by atoms with Gasteiger partial charge in [0.05, 0.1) is 5.92 Å². The molecule has 2 aromatic rings. The first-order valence-electron chi connectivity index (χ1n) is 6.03. The van der Waals surface area contributed by atoms with Crippen molar-refractivity contribution in [1.82, 2.24) is 9.78 Å². The van der Waals surface area contributed by atoms with Crippen molar-refractivity contribution in [2.75, 3.05) is 0 Å². The second-order valence-electron chi connectivity index (χ2n) is 4.43. The molecule has 0 amide bonds. The fraction of sp³-hybridized carbons (Fsp3) is 0.286. The molecule has 0 fully saturated rings. The minimum Gasteiger partial charge on any atom is -0.481 e. The number of hydrogen-bond donors (Lipinski definition) is 1. The Morgan fingerprint density at radius 3 is 2.84 bits per heavy atom. The van der Waals surface area contributed by atoms with Crippen LogP contribution in [0.1, 0.15) is 23.6 Å². The Labute approximate surface area is 120 Å². The van der Waals surface area contributed by atoms with Gasteiger partial charge in [-0.05, 0) is 36.6 Å². The van der Waals surface area contributed by atoms with Crippen molar-refractivity contribution in [2.24, 2.45) is 7.05 Å². The predicted molar refractivity (Wildman–Crippen MR) is 76.0 cm³/mol. The van der Waals surface area contributed by atoms with Gasteiger partial charge in [0.15, 0.2) is 0 Å². The average molecular weight is 323 g/mol. The molecule has 0 aliphatic rings. The van der Waals surface area contributed by atoms with Gasteiger partial charge in [-0.25, -0.2) is 0 Å². The lowest BCUT2D eigenvalue weighted by molar-refractivity contribution is -0.138. The standard InChI is InChI=1S/C14H15BrN2O2/c1-17-12(7-8-16-17)5-6-13(14(18)19)10-3-2-4-11(15)9-10/h2-4,7-9,13H,5-6H2,1H3,(H,18,19).